The summed E-state index contributed by atoms with van der Waals surface area (Å²) in [6, 6.07) is 7.82. The van der Waals surface area contributed by atoms with E-state index in [4.69, 9.17) is 11.6 Å². The second kappa shape index (κ2) is 6.05. The van der Waals surface area contributed by atoms with E-state index in [1.54, 1.807) is 0 Å². The molecule has 0 unspecified atom stereocenters. The van der Waals surface area contributed by atoms with E-state index in [1.807, 2.05) is 24.3 Å². The summed E-state index contributed by atoms with van der Waals surface area (Å²) >= 11 is 5.89. The molecule has 2 nitrogen and oxygen atoms in total. The van der Waals surface area contributed by atoms with Gasteiger partial charge in [-0.25, -0.2) is 0 Å². The van der Waals surface area contributed by atoms with E-state index in [0.717, 1.165) is 42.9 Å². The van der Waals surface area contributed by atoms with Crippen LogP contribution in [0.2, 0.25) is 5.02 Å². The predicted molar refractivity (Wildman–Crippen MR) is 76.0 cm³/mol. The Bertz CT molecular complexity index is 373. The molecular formula is C15H22ClNO. The lowest BCUT2D eigenvalue weighted by Gasteiger charge is -2.38. The molecule has 100 valence electrons. The van der Waals surface area contributed by atoms with Crippen LogP contribution in [0.1, 0.15) is 31.7 Å². The summed E-state index contributed by atoms with van der Waals surface area (Å²) in [5, 5.41) is 15.0. The van der Waals surface area contributed by atoms with Crippen molar-refractivity contribution in [2.75, 3.05) is 13.1 Å². The molecule has 1 heterocycles. The van der Waals surface area contributed by atoms with Gasteiger partial charge >= 0.3 is 0 Å². The molecule has 1 fully saturated rings. The van der Waals surface area contributed by atoms with Crippen LogP contribution in [0.5, 0.6) is 0 Å². The van der Waals surface area contributed by atoms with Crippen LogP contribution < -0.4 is 5.32 Å². The monoisotopic (exact) mass is 267 g/mol. The van der Waals surface area contributed by atoms with Gasteiger partial charge in [-0.2, -0.15) is 0 Å². The average molecular weight is 268 g/mol. The van der Waals surface area contributed by atoms with E-state index in [0.29, 0.717) is 12.3 Å². The summed E-state index contributed by atoms with van der Waals surface area (Å²) in [7, 11) is 0. The number of piperidine rings is 1. The number of aliphatic hydroxyl groups is 1. The number of nitrogens with one attached hydrogen (secondary N) is 1. The van der Waals surface area contributed by atoms with Crippen LogP contribution in [0.25, 0.3) is 0 Å². The lowest BCUT2D eigenvalue weighted by Crippen LogP contribution is -2.47. The quantitative estimate of drug-likeness (QED) is 0.879. The zero-order valence-corrected chi connectivity index (χ0v) is 11.7. The first-order valence-electron chi connectivity index (χ1n) is 6.81. The van der Waals surface area contributed by atoms with Crippen molar-refractivity contribution in [3.05, 3.63) is 34.9 Å². The lowest BCUT2D eigenvalue weighted by molar-refractivity contribution is -0.0305. The minimum Gasteiger partial charge on any atom is -0.389 e. The largest absolute Gasteiger partial charge is 0.389 e. The van der Waals surface area contributed by atoms with E-state index < -0.39 is 5.60 Å². The summed E-state index contributed by atoms with van der Waals surface area (Å²) in [6.07, 6.45) is 3.79. The molecule has 0 radical (unpaired) electrons. The molecule has 2 N–H and O–H groups in total. The minimum atomic E-state index is -0.596. The van der Waals surface area contributed by atoms with Gasteiger partial charge in [0.15, 0.2) is 0 Å². The molecule has 3 heteroatoms. The van der Waals surface area contributed by atoms with Gasteiger partial charge in [-0.05, 0) is 43.5 Å². The highest BCUT2D eigenvalue weighted by Crippen LogP contribution is 2.31. The van der Waals surface area contributed by atoms with Crippen LogP contribution >= 0.6 is 11.6 Å². The number of halogens is 1. The lowest BCUT2D eigenvalue weighted by atomic mass is 9.76. The second-order valence-corrected chi connectivity index (χ2v) is 5.74. The van der Waals surface area contributed by atoms with E-state index in [9.17, 15) is 5.11 Å². The molecule has 1 aromatic rings. The molecule has 0 amide bonds. The highest BCUT2D eigenvalue weighted by molar-refractivity contribution is 6.30. The second-order valence-electron chi connectivity index (χ2n) is 5.30. The Hall–Kier alpha value is -0.570. The van der Waals surface area contributed by atoms with Gasteiger partial charge in [-0.15, -0.1) is 0 Å². The number of rotatable bonds is 4. The Morgan fingerprint density at radius 3 is 2.67 bits per heavy atom. The fraction of sp³-hybridized carbons (Fsp3) is 0.600. The first-order valence-corrected chi connectivity index (χ1v) is 7.19. The first kappa shape index (κ1) is 13.9. The van der Waals surface area contributed by atoms with Crippen LogP contribution in [-0.2, 0) is 6.42 Å². The molecule has 2 atom stereocenters. The van der Waals surface area contributed by atoms with Crippen LogP contribution in [0, 0.1) is 5.92 Å². The summed E-state index contributed by atoms with van der Waals surface area (Å²) < 4.78 is 0. The topological polar surface area (TPSA) is 32.3 Å². The van der Waals surface area contributed by atoms with E-state index in [2.05, 4.69) is 12.2 Å². The van der Waals surface area contributed by atoms with Gasteiger partial charge in [0.2, 0.25) is 0 Å². The number of benzene rings is 1. The zero-order valence-electron chi connectivity index (χ0n) is 11.0. The third kappa shape index (κ3) is 3.25. The summed E-state index contributed by atoms with van der Waals surface area (Å²) in [6.45, 7) is 4.08. The molecule has 0 saturated carbocycles. The normalized spacial score (nSPS) is 23.6. The van der Waals surface area contributed by atoms with Crippen molar-refractivity contribution >= 4 is 11.6 Å². The third-order valence-corrected chi connectivity index (χ3v) is 4.34. The fourth-order valence-electron chi connectivity index (χ4n) is 2.82. The molecule has 0 spiro atoms. The Labute approximate surface area is 114 Å². The smallest absolute Gasteiger partial charge is 0.0725 e. The SMILES string of the molecule is CC[C@](O)(Cc1ccc(Cl)cc1)[C@H]1CCCNC1. The molecule has 0 aliphatic carbocycles. The van der Waals surface area contributed by atoms with Crippen molar-refractivity contribution < 1.29 is 5.11 Å². The van der Waals surface area contributed by atoms with Gasteiger partial charge in [0.05, 0.1) is 5.60 Å². The maximum atomic E-state index is 10.9. The van der Waals surface area contributed by atoms with Crippen molar-refractivity contribution in [1.29, 1.82) is 0 Å². The van der Waals surface area contributed by atoms with Gasteiger partial charge in [-0.1, -0.05) is 30.7 Å². The zero-order chi connectivity index (χ0) is 13.0. The van der Waals surface area contributed by atoms with Gasteiger partial charge in [0.1, 0.15) is 0 Å². The van der Waals surface area contributed by atoms with Crippen molar-refractivity contribution in [3.63, 3.8) is 0 Å². The van der Waals surface area contributed by atoms with Gasteiger partial charge in [0.25, 0.3) is 0 Å². The average Bonchev–Trinajstić information content (AvgIpc) is 2.42. The van der Waals surface area contributed by atoms with Crippen LogP contribution in [0.3, 0.4) is 0 Å². The van der Waals surface area contributed by atoms with Crippen LogP contribution in [-0.4, -0.2) is 23.8 Å². The Morgan fingerprint density at radius 2 is 2.11 bits per heavy atom. The Morgan fingerprint density at radius 1 is 1.39 bits per heavy atom. The molecule has 2 rings (SSSR count). The van der Waals surface area contributed by atoms with Crippen LogP contribution in [0.15, 0.2) is 24.3 Å². The molecular weight excluding hydrogens is 246 g/mol. The van der Waals surface area contributed by atoms with Crippen molar-refractivity contribution in [3.8, 4) is 0 Å². The third-order valence-electron chi connectivity index (χ3n) is 4.09. The molecule has 1 aliphatic rings. The highest BCUT2D eigenvalue weighted by atomic mass is 35.5. The maximum Gasteiger partial charge on any atom is 0.0725 e. The summed E-state index contributed by atoms with van der Waals surface area (Å²) in [4.78, 5) is 0. The first-order chi connectivity index (χ1) is 8.64. The molecule has 1 aromatic carbocycles. The Balaban J connectivity index is 2.08. The Kier molecular flexibility index (Phi) is 4.66. The molecule has 18 heavy (non-hydrogen) atoms. The molecule has 1 aliphatic heterocycles. The van der Waals surface area contributed by atoms with Gasteiger partial charge in [0, 0.05) is 23.9 Å². The van der Waals surface area contributed by atoms with E-state index in [-0.39, 0.29) is 0 Å². The molecule has 0 bridgehead atoms. The van der Waals surface area contributed by atoms with Crippen molar-refractivity contribution in [2.24, 2.45) is 5.92 Å². The van der Waals surface area contributed by atoms with E-state index in [1.165, 1.54) is 0 Å². The summed E-state index contributed by atoms with van der Waals surface area (Å²) in [5.74, 6) is 0.354. The molecule has 0 aromatic heterocycles. The van der Waals surface area contributed by atoms with Crippen molar-refractivity contribution in [1.82, 2.24) is 5.32 Å². The highest BCUT2D eigenvalue weighted by Gasteiger charge is 2.35. The summed E-state index contributed by atoms with van der Waals surface area (Å²) in [5.41, 5.74) is 0.565. The van der Waals surface area contributed by atoms with Crippen LogP contribution in [0.4, 0.5) is 0 Å². The predicted octanol–water partition coefficient (Wildman–Crippen LogP) is 3.02. The fourth-order valence-corrected chi connectivity index (χ4v) is 2.95. The van der Waals surface area contributed by atoms with E-state index >= 15 is 0 Å². The van der Waals surface area contributed by atoms with Gasteiger partial charge < -0.3 is 10.4 Å². The van der Waals surface area contributed by atoms with Crippen molar-refractivity contribution in [2.45, 2.75) is 38.2 Å². The van der Waals surface area contributed by atoms with Gasteiger partial charge in [-0.3, -0.25) is 0 Å². The standard InChI is InChI=1S/C15H22ClNO/c1-2-15(18,13-4-3-9-17-11-13)10-12-5-7-14(16)8-6-12/h5-8,13,17-18H,2-4,9-11H2,1H3/t13-,15-/m0/s1. The minimum absolute atomic E-state index is 0.354. The number of hydrogen-bond donors (Lipinski definition) is 2. The maximum absolute atomic E-state index is 10.9. The molecule has 1 saturated heterocycles. The number of hydrogen-bond acceptors (Lipinski definition) is 2.